The number of hydrogen-bond acceptors (Lipinski definition) is 3. The Balaban J connectivity index is 2.69. The maximum atomic E-state index is 8.63. The maximum absolute atomic E-state index is 8.63. The van der Waals surface area contributed by atoms with Gasteiger partial charge in [0.25, 0.3) is 0 Å². The van der Waals surface area contributed by atoms with Crippen LogP contribution >= 0.6 is 0 Å². The highest BCUT2D eigenvalue weighted by atomic mass is 15.1. The molecule has 1 aromatic heterocycles. The number of nitrogens with two attached hydrogens (primary N) is 1. The molecule has 4 nitrogen and oxygen atoms in total. The van der Waals surface area contributed by atoms with Crippen LogP contribution in [0.15, 0.2) is 12.4 Å². The number of imidazole rings is 1. The van der Waals surface area contributed by atoms with Crippen LogP contribution in [0.1, 0.15) is 12.7 Å². The molecule has 12 heavy (non-hydrogen) atoms. The van der Waals surface area contributed by atoms with Crippen molar-refractivity contribution in [1.82, 2.24) is 9.55 Å². The summed E-state index contributed by atoms with van der Waals surface area (Å²) in [5.41, 5.74) is 5.46. The van der Waals surface area contributed by atoms with Gasteiger partial charge in [-0.2, -0.15) is 5.26 Å². The van der Waals surface area contributed by atoms with Gasteiger partial charge in [0.05, 0.1) is 0 Å². The largest absolute Gasteiger partial charge is 0.330 e. The normalized spacial score (nSPS) is 12.4. The molecule has 1 unspecified atom stereocenters. The van der Waals surface area contributed by atoms with Gasteiger partial charge < -0.3 is 10.3 Å². The number of aromatic nitrogens is 2. The summed E-state index contributed by atoms with van der Waals surface area (Å²) < 4.78 is 1.82. The van der Waals surface area contributed by atoms with Crippen molar-refractivity contribution in [2.45, 2.75) is 13.5 Å². The lowest BCUT2D eigenvalue weighted by Crippen LogP contribution is -2.17. The highest BCUT2D eigenvalue weighted by Gasteiger charge is 2.04. The third kappa shape index (κ3) is 1.83. The van der Waals surface area contributed by atoms with E-state index in [0.29, 0.717) is 18.3 Å². The summed E-state index contributed by atoms with van der Waals surface area (Å²) in [4.78, 5) is 3.88. The summed E-state index contributed by atoms with van der Waals surface area (Å²) >= 11 is 0. The van der Waals surface area contributed by atoms with Gasteiger partial charge in [0, 0.05) is 18.9 Å². The van der Waals surface area contributed by atoms with Crippen LogP contribution in [0, 0.1) is 17.2 Å². The van der Waals surface area contributed by atoms with Gasteiger partial charge in [-0.15, -0.1) is 0 Å². The number of hydrogen-bond donors (Lipinski definition) is 1. The Morgan fingerprint density at radius 3 is 3.17 bits per heavy atom. The van der Waals surface area contributed by atoms with E-state index in [1.807, 2.05) is 17.6 Å². The smallest absolute Gasteiger partial charge is 0.212 e. The van der Waals surface area contributed by atoms with Gasteiger partial charge in [-0.05, 0) is 12.5 Å². The molecule has 0 bridgehead atoms. The van der Waals surface area contributed by atoms with Crippen LogP contribution in [-0.4, -0.2) is 16.1 Å². The Morgan fingerprint density at radius 1 is 1.83 bits per heavy atom. The first kappa shape index (κ1) is 8.75. The molecular formula is C8H12N4. The molecule has 0 aliphatic rings. The van der Waals surface area contributed by atoms with Crippen molar-refractivity contribution in [3.05, 3.63) is 18.2 Å². The lowest BCUT2D eigenvalue weighted by atomic mass is 10.2. The molecule has 4 heteroatoms. The molecule has 0 saturated carbocycles. The van der Waals surface area contributed by atoms with E-state index in [9.17, 15) is 0 Å². The van der Waals surface area contributed by atoms with Crippen molar-refractivity contribution in [3.8, 4) is 6.07 Å². The average Bonchev–Trinajstić information content (AvgIpc) is 2.51. The van der Waals surface area contributed by atoms with E-state index in [0.717, 1.165) is 6.54 Å². The Hall–Kier alpha value is -1.34. The molecular weight excluding hydrogens is 152 g/mol. The van der Waals surface area contributed by atoms with Crippen molar-refractivity contribution in [2.75, 3.05) is 6.54 Å². The zero-order valence-corrected chi connectivity index (χ0v) is 7.07. The third-order valence-corrected chi connectivity index (χ3v) is 1.73. The van der Waals surface area contributed by atoms with Crippen LogP contribution in [-0.2, 0) is 6.54 Å². The summed E-state index contributed by atoms with van der Waals surface area (Å²) in [5.74, 6) is 0.835. The van der Waals surface area contributed by atoms with Gasteiger partial charge >= 0.3 is 0 Å². The topological polar surface area (TPSA) is 67.6 Å². The van der Waals surface area contributed by atoms with E-state index in [1.54, 1.807) is 12.4 Å². The van der Waals surface area contributed by atoms with Crippen LogP contribution in [0.2, 0.25) is 0 Å². The highest BCUT2D eigenvalue weighted by Crippen LogP contribution is 2.01. The zero-order chi connectivity index (χ0) is 8.97. The molecule has 0 saturated heterocycles. The van der Waals surface area contributed by atoms with Crippen molar-refractivity contribution in [3.63, 3.8) is 0 Å². The van der Waals surface area contributed by atoms with Gasteiger partial charge in [0.1, 0.15) is 6.07 Å². The molecule has 1 rings (SSSR count). The minimum Gasteiger partial charge on any atom is -0.330 e. The van der Waals surface area contributed by atoms with Crippen LogP contribution in [0.4, 0.5) is 0 Å². The SMILES string of the molecule is CC(CN)Cn1ccnc1C#N. The van der Waals surface area contributed by atoms with Gasteiger partial charge in [-0.1, -0.05) is 6.92 Å². The molecule has 0 spiro atoms. The van der Waals surface area contributed by atoms with Crippen LogP contribution < -0.4 is 5.73 Å². The maximum Gasteiger partial charge on any atom is 0.212 e. The molecule has 0 amide bonds. The molecule has 0 aromatic carbocycles. The first-order valence-electron chi connectivity index (χ1n) is 3.89. The molecule has 0 aliphatic heterocycles. The standard InChI is InChI=1S/C8H12N4/c1-7(4-9)6-12-3-2-11-8(12)5-10/h2-3,7H,4,6,9H2,1H3. The minimum absolute atomic E-state index is 0.381. The van der Waals surface area contributed by atoms with E-state index < -0.39 is 0 Å². The molecule has 2 N–H and O–H groups in total. The predicted molar refractivity (Wildman–Crippen MR) is 45.2 cm³/mol. The van der Waals surface area contributed by atoms with E-state index >= 15 is 0 Å². The summed E-state index contributed by atoms with van der Waals surface area (Å²) in [5, 5.41) is 8.63. The number of nitrogens with zero attached hydrogens (tertiary/aromatic N) is 3. The van der Waals surface area contributed by atoms with Crippen molar-refractivity contribution < 1.29 is 0 Å². The van der Waals surface area contributed by atoms with E-state index in [-0.39, 0.29) is 0 Å². The van der Waals surface area contributed by atoms with E-state index in [1.165, 1.54) is 0 Å². The van der Waals surface area contributed by atoms with Crippen molar-refractivity contribution in [1.29, 1.82) is 5.26 Å². The Morgan fingerprint density at radius 2 is 2.58 bits per heavy atom. The second-order valence-corrected chi connectivity index (χ2v) is 2.86. The fourth-order valence-corrected chi connectivity index (χ4v) is 0.980. The van der Waals surface area contributed by atoms with Crippen LogP contribution in [0.25, 0.3) is 0 Å². The van der Waals surface area contributed by atoms with Gasteiger partial charge in [0.2, 0.25) is 5.82 Å². The number of nitriles is 1. The molecule has 0 aliphatic carbocycles. The van der Waals surface area contributed by atoms with Crippen LogP contribution in [0.5, 0.6) is 0 Å². The summed E-state index contributed by atoms with van der Waals surface area (Å²) in [6.07, 6.45) is 3.42. The van der Waals surface area contributed by atoms with Gasteiger partial charge in [-0.3, -0.25) is 0 Å². The zero-order valence-electron chi connectivity index (χ0n) is 7.07. The Kier molecular flexibility index (Phi) is 2.83. The van der Waals surface area contributed by atoms with Crippen molar-refractivity contribution >= 4 is 0 Å². The average molecular weight is 164 g/mol. The first-order chi connectivity index (χ1) is 5.77. The highest BCUT2D eigenvalue weighted by molar-refractivity contribution is 5.11. The molecule has 1 heterocycles. The Bertz CT molecular complexity index is 283. The fraction of sp³-hybridized carbons (Fsp3) is 0.500. The monoisotopic (exact) mass is 164 g/mol. The summed E-state index contributed by atoms with van der Waals surface area (Å²) in [7, 11) is 0. The van der Waals surface area contributed by atoms with E-state index in [2.05, 4.69) is 4.98 Å². The molecule has 0 radical (unpaired) electrons. The number of rotatable bonds is 3. The fourth-order valence-electron chi connectivity index (χ4n) is 0.980. The van der Waals surface area contributed by atoms with Crippen LogP contribution in [0.3, 0.4) is 0 Å². The quantitative estimate of drug-likeness (QED) is 0.700. The van der Waals surface area contributed by atoms with Crippen molar-refractivity contribution in [2.24, 2.45) is 11.7 Å². The lowest BCUT2D eigenvalue weighted by Gasteiger charge is -2.08. The summed E-state index contributed by atoms with van der Waals surface area (Å²) in [6, 6.07) is 2.02. The van der Waals surface area contributed by atoms with Gasteiger partial charge in [0.15, 0.2) is 0 Å². The molecule has 64 valence electrons. The Labute approximate surface area is 71.6 Å². The molecule has 1 aromatic rings. The second-order valence-electron chi connectivity index (χ2n) is 2.86. The predicted octanol–water partition coefficient (Wildman–Crippen LogP) is 0.350. The van der Waals surface area contributed by atoms with E-state index in [4.69, 9.17) is 11.0 Å². The minimum atomic E-state index is 0.381. The molecule has 1 atom stereocenters. The third-order valence-electron chi connectivity index (χ3n) is 1.73. The summed E-state index contributed by atoms with van der Waals surface area (Å²) in [6.45, 7) is 3.43. The van der Waals surface area contributed by atoms with Gasteiger partial charge in [-0.25, -0.2) is 4.98 Å². The second kappa shape index (κ2) is 3.88. The first-order valence-corrected chi connectivity index (χ1v) is 3.89. The lowest BCUT2D eigenvalue weighted by molar-refractivity contribution is 0.488. The molecule has 0 fully saturated rings.